The molecule has 0 bridgehead atoms. The van der Waals surface area contributed by atoms with Crippen LogP contribution in [-0.4, -0.2) is 18.1 Å². The van der Waals surface area contributed by atoms with Gasteiger partial charge in [-0.2, -0.15) is 0 Å². The van der Waals surface area contributed by atoms with Crippen LogP contribution >= 0.6 is 11.3 Å². The van der Waals surface area contributed by atoms with Gasteiger partial charge >= 0.3 is 0 Å². The molecule has 3 heteroatoms. The fourth-order valence-corrected chi connectivity index (χ4v) is 3.31. The Kier molecular flexibility index (Phi) is 10.9. The van der Waals surface area contributed by atoms with Gasteiger partial charge in [0.2, 0.25) is 0 Å². The van der Waals surface area contributed by atoms with E-state index < -0.39 is 0 Å². The highest BCUT2D eigenvalue weighted by Crippen LogP contribution is 2.14. The minimum Gasteiger partial charge on any atom is -0.317 e. The van der Waals surface area contributed by atoms with Gasteiger partial charge < -0.3 is 5.32 Å². The predicted octanol–water partition coefficient (Wildman–Crippen LogP) is 5.19. The van der Waals surface area contributed by atoms with Crippen LogP contribution < -0.4 is 5.32 Å². The van der Waals surface area contributed by atoms with E-state index in [-0.39, 0.29) is 0 Å². The number of likely N-dealkylation sites (N-methyl/N-ethyl adjacent to an activating group) is 1. The van der Waals surface area contributed by atoms with Crippen LogP contribution in [0.5, 0.6) is 0 Å². The predicted molar refractivity (Wildman–Crippen MR) is 90.5 cm³/mol. The molecule has 0 amide bonds. The Balaban J connectivity index is 1.93. The van der Waals surface area contributed by atoms with Crippen LogP contribution in [0.1, 0.15) is 76.0 Å². The first-order chi connectivity index (χ1) is 9.86. The molecule has 1 aromatic rings. The van der Waals surface area contributed by atoms with Gasteiger partial charge in [0.1, 0.15) is 0 Å². The number of nitrogens with zero attached hydrogens (tertiary/aromatic N) is 1. The monoisotopic (exact) mass is 296 g/mol. The van der Waals surface area contributed by atoms with Crippen molar-refractivity contribution in [2.24, 2.45) is 0 Å². The van der Waals surface area contributed by atoms with Crippen LogP contribution in [0.3, 0.4) is 0 Å². The summed E-state index contributed by atoms with van der Waals surface area (Å²) in [7, 11) is 2.08. The molecule has 0 aromatic carbocycles. The Labute approximate surface area is 129 Å². The molecule has 2 nitrogen and oxygen atoms in total. The lowest BCUT2D eigenvalue weighted by Gasteiger charge is -2.14. The fourth-order valence-electron chi connectivity index (χ4n) is 2.64. The molecule has 20 heavy (non-hydrogen) atoms. The highest BCUT2D eigenvalue weighted by atomic mass is 32.1. The summed E-state index contributed by atoms with van der Waals surface area (Å²) in [6.45, 7) is 2.28. The first kappa shape index (κ1) is 17.6. The zero-order valence-corrected chi connectivity index (χ0v) is 14.2. The Bertz CT molecular complexity index is 298. The maximum Gasteiger partial charge on any atom is 0.0794 e. The Hall–Kier alpha value is -0.410. The van der Waals surface area contributed by atoms with Gasteiger partial charge in [0.05, 0.1) is 5.51 Å². The zero-order chi connectivity index (χ0) is 14.5. The van der Waals surface area contributed by atoms with Gasteiger partial charge in [-0.1, -0.05) is 64.7 Å². The number of hydrogen-bond acceptors (Lipinski definition) is 3. The van der Waals surface area contributed by atoms with E-state index in [2.05, 4.69) is 24.3 Å². The first-order valence-corrected chi connectivity index (χ1v) is 9.29. The van der Waals surface area contributed by atoms with E-state index in [1.807, 2.05) is 11.7 Å². The summed E-state index contributed by atoms with van der Waals surface area (Å²) in [5, 5.41) is 3.44. The molecule has 0 spiro atoms. The maximum absolute atomic E-state index is 4.15. The van der Waals surface area contributed by atoms with E-state index in [1.54, 1.807) is 11.3 Å². The molecule has 0 aliphatic rings. The van der Waals surface area contributed by atoms with Crippen LogP contribution in [0, 0.1) is 0 Å². The van der Waals surface area contributed by atoms with Crippen molar-refractivity contribution >= 4 is 11.3 Å². The van der Waals surface area contributed by atoms with E-state index in [0.717, 1.165) is 6.42 Å². The number of aromatic nitrogens is 1. The van der Waals surface area contributed by atoms with Gasteiger partial charge in [-0.3, -0.25) is 4.98 Å². The van der Waals surface area contributed by atoms with Gasteiger partial charge in [0.25, 0.3) is 0 Å². The van der Waals surface area contributed by atoms with Crippen LogP contribution in [0.25, 0.3) is 0 Å². The topological polar surface area (TPSA) is 24.9 Å². The lowest BCUT2D eigenvalue weighted by molar-refractivity contribution is 0.479. The van der Waals surface area contributed by atoms with Crippen molar-refractivity contribution < 1.29 is 0 Å². The van der Waals surface area contributed by atoms with Crippen LogP contribution in [0.4, 0.5) is 0 Å². The van der Waals surface area contributed by atoms with Gasteiger partial charge in [-0.25, -0.2) is 0 Å². The molecular weight excluding hydrogens is 264 g/mol. The van der Waals surface area contributed by atoms with Crippen molar-refractivity contribution in [2.45, 2.75) is 83.6 Å². The van der Waals surface area contributed by atoms with Crippen LogP contribution in [0.15, 0.2) is 11.7 Å². The molecule has 0 fully saturated rings. The summed E-state index contributed by atoms with van der Waals surface area (Å²) in [5.41, 5.74) is 1.93. The largest absolute Gasteiger partial charge is 0.317 e. The lowest BCUT2D eigenvalue weighted by atomic mass is 10.0. The molecule has 1 unspecified atom stereocenters. The Morgan fingerprint density at radius 1 is 1.05 bits per heavy atom. The van der Waals surface area contributed by atoms with E-state index in [4.69, 9.17) is 0 Å². The average Bonchev–Trinajstić information content (AvgIpc) is 2.97. The van der Waals surface area contributed by atoms with Crippen molar-refractivity contribution in [3.05, 3.63) is 16.6 Å². The molecule has 0 aliphatic heterocycles. The van der Waals surface area contributed by atoms with E-state index in [0.29, 0.717) is 6.04 Å². The third kappa shape index (κ3) is 8.70. The van der Waals surface area contributed by atoms with Crippen molar-refractivity contribution in [1.29, 1.82) is 0 Å². The second kappa shape index (κ2) is 12.3. The standard InChI is InChI=1S/C17H32N2S/c1-3-4-5-6-7-8-9-10-11-12-16(18-2)13-17-14-19-15-20-17/h14-16,18H,3-13H2,1-2H3. The zero-order valence-electron chi connectivity index (χ0n) is 13.4. The summed E-state index contributed by atoms with van der Waals surface area (Å²) in [6, 6.07) is 0.625. The minimum absolute atomic E-state index is 0.625. The Morgan fingerprint density at radius 2 is 1.70 bits per heavy atom. The van der Waals surface area contributed by atoms with Crippen molar-refractivity contribution in [2.75, 3.05) is 7.05 Å². The average molecular weight is 297 g/mol. The number of unbranched alkanes of at least 4 members (excludes halogenated alkanes) is 8. The third-order valence-electron chi connectivity index (χ3n) is 4.00. The number of hydrogen-bond donors (Lipinski definition) is 1. The first-order valence-electron chi connectivity index (χ1n) is 8.41. The highest BCUT2D eigenvalue weighted by molar-refractivity contribution is 7.09. The smallest absolute Gasteiger partial charge is 0.0794 e. The Morgan fingerprint density at radius 3 is 2.25 bits per heavy atom. The molecule has 1 heterocycles. The minimum atomic E-state index is 0.625. The second-order valence-corrected chi connectivity index (χ2v) is 6.75. The van der Waals surface area contributed by atoms with Crippen LogP contribution in [-0.2, 0) is 6.42 Å². The van der Waals surface area contributed by atoms with Crippen molar-refractivity contribution in [3.8, 4) is 0 Å². The third-order valence-corrected chi connectivity index (χ3v) is 4.80. The molecule has 0 saturated heterocycles. The second-order valence-electron chi connectivity index (χ2n) is 5.77. The summed E-state index contributed by atoms with van der Waals surface area (Å²) in [4.78, 5) is 5.55. The van der Waals surface area contributed by atoms with Gasteiger partial charge in [-0.05, 0) is 19.9 Å². The summed E-state index contributed by atoms with van der Waals surface area (Å²) in [6.07, 6.45) is 17.1. The highest BCUT2D eigenvalue weighted by Gasteiger charge is 2.07. The normalized spacial score (nSPS) is 12.7. The van der Waals surface area contributed by atoms with E-state index in [1.165, 1.54) is 69.1 Å². The molecule has 1 rings (SSSR count). The number of nitrogens with one attached hydrogen (secondary N) is 1. The molecule has 1 N–H and O–H groups in total. The molecule has 0 aliphatic carbocycles. The maximum atomic E-state index is 4.15. The molecule has 0 saturated carbocycles. The van der Waals surface area contributed by atoms with Crippen LogP contribution in [0.2, 0.25) is 0 Å². The van der Waals surface area contributed by atoms with Crippen molar-refractivity contribution in [3.63, 3.8) is 0 Å². The summed E-state index contributed by atoms with van der Waals surface area (Å²) < 4.78 is 0. The molecular formula is C17H32N2S. The quantitative estimate of drug-likeness (QED) is 0.506. The molecule has 1 aromatic heterocycles. The SMILES string of the molecule is CCCCCCCCCCCC(Cc1cncs1)NC. The van der Waals surface area contributed by atoms with Gasteiger partial charge in [-0.15, -0.1) is 11.3 Å². The van der Waals surface area contributed by atoms with Gasteiger partial charge in [0, 0.05) is 17.1 Å². The van der Waals surface area contributed by atoms with E-state index in [9.17, 15) is 0 Å². The molecule has 1 atom stereocenters. The fraction of sp³-hybridized carbons (Fsp3) is 0.824. The molecule has 116 valence electrons. The number of rotatable bonds is 13. The summed E-state index contributed by atoms with van der Waals surface area (Å²) >= 11 is 1.77. The van der Waals surface area contributed by atoms with Gasteiger partial charge in [0.15, 0.2) is 0 Å². The van der Waals surface area contributed by atoms with E-state index >= 15 is 0 Å². The van der Waals surface area contributed by atoms with Crippen molar-refractivity contribution in [1.82, 2.24) is 10.3 Å². The summed E-state index contributed by atoms with van der Waals surface area (Å²) in [5.74, 6) is 0. The molecule has 0 radical (unpaired) electrons. The lowest BCUT2D eigenvalue weighted by Crippen LogP contribution is -2.27. The number of thiazole rings is 1.